The van der Waals surface area contributed by atoms with Gasteiger partial charge in [0.05, 0.1) is 19.9 Å². The molecule has 1 aromatic heterocycles. The molecular weight excluding hydrogens is 394 g/mol. The first kappa shape index (κ1) is 20.9. The first-order valence-corrected chi connectivity index (χ1v) is 10.3. The van der Waals surface area contributed by atoms with Gasteiger partial charge in [0.1, 0.15) is 11.5 Å². The number of nitrogens with zero attached hydrogens (tertiary/aromatic N) is 2. The lowest BCUT2D eigenvalue weighted by atomic mass is 9.74. The molecule has 1 aliphatic heterocycles. The van der Waals surface area contributed by atoms with E-state index in [0.29, 0.717) is 25.5 Å². The fourth-order valence-electron chi connectivity index (χ4n) is 3.94. The molecule has 7 heteroatoms. The van der Waals surface area contributed by atoms with Gasteiger partial charge in [-0.1, -0.05) is 12.1 Å². The monoisotopic (exact) mass is 421 g/mol. The highest BCUT2D eigenvalue weighted by atomic mass is 16.5. The summed E-state index contributed by atoms with van der Waals surface area (Å²) in [7, 11) is 3.28. The largest absolute Gasteiger partial charge is 0.497 e. The predicted molar refractivity (Wildman–Crippen MR) is 117 cm³/mol. The van der Waals surface area contributed by atoms with Gasteiger partial charge in [0.25, 0.3) is 5.91 Å². The summed E-state index contributed by atoms with van der Waals surface area (Å²) in [5.41, 5.74) is 2.26. The molecule has 0 spiro atoms. The number of rotatable bonds is 7. The Balaban J connectivity index is 1.47. The van der Waals surface area contributed by atoms with E-state index in [0.717, 1.165) is 30.0 Å². The van der Waals surface area contributed by atoms with E-state index < -0.39 is 0 Å². The quantitative estimate of drug-likeness (QED) is 0.633. The number of carbonyl (C=O) groups is 1. The van der Waals surface area contributed by atoms with Crippen LogP contribution in [0.4, 0.5) is 0 Å². The second-order valence-electron chi connectivity index (χ2n) is 7.65. The van der Waals surface area contributed by atoms with Crippen molar-refractivity contribution in [3.05, 3.63) is 72.1 Å². The van der Waals surface area contributed by atoms with Crippen LogP contribution in [-0.2, 0) is 10.2 Å². The van der Waals surface area contributed by atoms with Crippen LogP contribution >= 0.6 is 0 Å². The Hall–Kier alpha value is -3.32. The third kappa shape index (κ3) is 4.56. The fraction of sp³-hybridized carbons (Fsp3) is 0.333. The molecule has 4 rings (SSSR count). The van der Waals surface area contributed by atoms with Crippen LogP contribution in [-0.4, -0.2) is 49.7 Å². The van der Waals surface area contributed by atoms with Crippen LogP contribution in [0.15, 0.2) is 60.8 Å². The molecule has 0 aliphatic carbocycles. The van der Waals surface area contributed by atoms with Crippen molar-refractivity contribution in [1.29, 1.82) is 0 Å². The number of aromatic nitrogens is 2. The molecule has 0 atom stereocenters. The van der Waals surface area contributed by atoms with Crippen LogP contribution in [0.3, 0.4) is 0 Å². The molecule has 1 aliphatic rings. The number of ether oxygens (including phenoxy) is 3. The maximum Gasteiger partial charge on any atom is 0.271 e. The zero-order valence-electron chi connectivity index (χ0n) is 17.8. The molecule has 0 radical (unpaired) electrons. The van der Waals surface area contributed by atoms with Crippen molar-refractivity contribution < 1.29 is 19.0 Å². The van der Waals surface area contributed by atoms with Gasteiger partial charge in [-0.15, -0.1) is 0 Å². The Labute approximate surface area is 181 Å². The number of nitrogens with one attached hydrogen (secondary N) is 1. The fourth-order valence-corrected chi connectivity index (χ4v) is 3.94. The van der Waals surface area contributed by atoms with E-state index in [1.54, 1.807) is 31.2 Å². The van der Waals surface area contributed by atoms with Crippen LogP contribution in [0.1, 0.15) is 28.9 Å². The molecular formula is C24H27N3O4. The summed E-state index contributed by atoms with van der Waals surface area (Å²) in [6.07, 6.45) is 3.48. The molecule has 1 saturated heterocycles. The maximum absolute atomic E-state index is 12.8. The Morgan fingerprint density at radius 2 is 1.61 bits per heavy atom. The van der Waals surface area contributed by atoms with Gasteiger partial charge in [-0.3, -0.25) is 4.79 Å². The average Bonchev–Trinajstić information content (AvgIpc) is 3.34. The van der Waals surface area contributed by atoms with Crippen molar-refractivity contribution in [2.75, 3.05) is 34.0 Å². The summed E-state index contributed by atoms with van der Waals surface area (Å²) in [5, 5.41) is 7.54. The van der Waals surface area contributed by atoms with Gasteiger partial charge in [0, 0.05) is 31.4 Å². The molecule has 31 heavy (non-hydrogen) atoms. The summed E-state index contributed by atoms with van der Waals surface area (Å²) in [5.74, 6) is 1.40. The molecule has 1 N–H and O–H groups in total. The van der Waals surface area contributed by atoms with Crippen molar-refractivity contribution in [3.63, 3.8) is 0 Å². The van der Waals surface area contributed by atoms with Crippen LogP contribution in [0.2, 0.25) is 0 Å². The summed E-state index contributed by atoms with van der Waals surface area (Å²) in [6.45, 7) is 1.87. The highest BCUT2D eigenvalue weighted by Gasteiger charge is 2.35. The number of carbonyl (C=O) groups excluding carboxylic acids is 1. The lowest BCUT2D eigenvalue weighted by Crippen LogP contribution is -2.44. The molecule has 162 valence electrons. The zero-order valence-corrected chi connectivity index (χ0v) is 17.8. The molecule has 0 unspecified atom stereocenters. The minimum Gasteiger partial charge on any atom is -0.497 e. The van der Waals surface area contributed by atoms with Gasteiger partial charge in [-0.05, 0) is 60.9 Å². The third-order valence-corrected chi connectivity index (χ3v) is 5.90. The first-order valence-electron chi connectivity index (χ1n) is 10.3. The summed E-state index contributed by atoms with van der Waals surface area (Å²) in [6, 6.07) is 17.3. The Kier molecular flexibility index (Phi) is 6.23. The van der Waals surface area contributed by atoms with E-state index in [1.807, 2.05) is 36.4 Å². The van der Waals surface area contributed by atoms with Gasteiger partial charge in [-0.2, -0.15) is 5.10 Å². The SMILES string of the molecule is COc1ccc(-n2ccc(C(=O)NCC3(c4ccc(OC)cc4)CCOCC3)n2)cc1. The molecule has 3 aromatic rings. The number of hydrogen-bond acceptors (Lipinski definition) is 5. The molecule has 7 nitrogen and oxygen atoms in total. The van der Waals surface area contributed by atoms with Gasteiger partial charge in [0.2, 0.25) is 0 Å². The summed E-state index contributed by atoms with van der Waals surface area (Å²) in [4.78, 5) is 12.8. The third-order valence-electron chi connectivity index (χ3n) is 5.90. The van der Waals surface area contributed by atoms with Crippen LogP contribution in [0, 0.1) is 0 Å². The van der Waals surface area contributed by atoms with Crippen molar-refractivity contribution in [2.24, 2.45) is 0 Å². The van der Waals surface area contributed by atoms with E-state index in [1.165, 1.54) is 5.56 Å². The molecule has 1 amide bonds. The molecule has 2 heterocycles. The predicted octanol–water partition coefficient (Wildman–Crippen LogP) is 3.37. The smallest absolute Gasteiger partial charge is 0.271 e. The van der Waals surface area contributed by atoms with Crippen LogP contribution in [0.25, 0.3) is 5.69 Å². The highest BCUT2D eigenvalue weighted by Crippen LogP contribution is 2.35. The highest BCUT2D eigenvalue weighted by molar-refractivity contribution is 5.92. The van der Waals surface area contributed by atoms with Gasteiger partial charge >= 0.3 is 0 Å². The van der Waals surface area contributed by atoms with E-state index in [-0.39, 0.29) is 11.3 Å². The van der Waals surface area contributed by atoms with Crippen LogP contribution < -0.4 is 14.8 Å². The van der Waals surface area contributed by atoms with Crippen LogP contribution in [0.5, 0.6) is 11.5 Å². The van der Waals surface area contributed by atoms with E-state index in [9.17, 15) is 4.79 Å². The second kappa shape index (κ2) is 9.22. The zero-order chi connectivity index (χ0) is 21.7. The minimum atomic E-state index is -0.188. The lowest BCUT2D eigenvalue weighted by molar-refractivity contribution is 0.0486. The van der Waals surface area contributed by atoms with E-state index >= 15 is 0 Å². The van der Waals surface area contributed by atoms with Crippen molar-refractivity contribution >= 4 is 5.91 Å². The van der Waals surface area contributed by atoms with E-state index in [4.69, 9.17) is 14.2 Å². The Bertz CT molecular complexity index is 1010. The summed E-state index contributed by atoms with van der Waals surface area (Å²) < 4.78 is 17.7. The van der Waals surface area contributed by atoms with Gasteiger partial charge in [0.15, 0.2) is 5.69 Å². The lowest BCUT2D eigenvalue weighted by Gasteiger charge is -2.38. The van der Waals surface area contributed by atoms with Gasteiger partial charge < -0.3 is 19.5 Å². The maximum atomic E-state index is 12.8. The van der Waals surface area contributed by atoms with E-state index in [2.05, 4.69) is 22.5 Å². The number of amides is 1. The van der Waals surface area contributed by atoms with Gasteiger partial charge in [-0.25, -0.2) is 4.68 Å². The normalized spacial score (nSPS) is 15.3. The first-order chi connectivity index (χ1) is 15.1. The number of benzene rings is 2. The average molecular weight is 421 g/mol. The number of hydrogen-bond donors (Lipinski definition) is 1. The second-order valence-corrected chi connectivity index (χ2v) is 7.65. The van der Waals surface area contributed by atoms with Crippen molar-refractivity contribution in [1.82, 2.24) is 15.1 Å². The Morgan fingerprint density at radius 3 is 2.23 bits per heavy atom. The topological polar surface area (TPSA) is 74.6 Å². The molecule has 1 fully saturated rings. The summed E-state index contributed by atoms with van der Waals surface area (Å²) >= 11 is 0. The standard InChI is InChI=1S/C24H27N3O4/c1-29-20-7-3-18(4-8-20)24(12-15-31-16-13-24)17-25-23(28)22-11-14-27(26-22)19-5-9-21(30-2)10-6-19/h3-11,14H,12-13,15-17H2,1-2H3,(H,25,28). The van der Waals surface area contributed by atoms with Crippen molar-refractivity contribution in [2.45, 2.75) is 18.3 Å². The molecule has 2 aromatic carbocycles. The number of methoxy groups -OCH3 is 2. The molecule has 0 saturated carbocycles. The molecule has 0 bridgehead atoms. The minimum absolute atomic E-state index is 0.168. The Morgan fingerprint density at radius 1 is 1.00 bits per heavy atom. The van der Waals surface area contributed by atoms with Crippen molar-refractivity contribution in [3.8, 4) is 17.2 Å².